The zero-order chi connectivity index (χ0) is 12.6. The number of thiazole rings is 1. The van der Waals surface area contributed by atoms with Crippen molar-refractivity contribution in [2.75, 3.05) is 0 Å². The molecule has 2 aromatic rings. The first-order chi connectivity index (χ1) is 7.87. The molecule has 1 N–H and O–H groups in total. The van der Waals surface area contributed by atoms with Crippen molar-refractivity contribution in [2.24, 2.45) is 0 Å². The van der Waals surface area contributed by atoms with E-state index in [4.69, 9.17) is 0 Å². The fourth-order valence-electron chi connectivity index (χ4n) is 1.62. The molecule has 0 aliphatic rings. The Bertz CT molecular complexity index is 524. The van der Waals surface area contributed by atoms with Gasteiger partial charge in [0.1, 0.15) is 5.82 Å². The predicted molar refractivity (Wildman–Crippen MR) is 66.9 cm³/mol. The van der Waals surface area contributed by atoms with Crippen LogP contribution in [0, 0.1) is 13.8 Å². The van der Waals surface area contributed by atoms with Gasteiger partial charge in [-0.05, 0) is 27.7 Å². The Morgan fingerprint density at radius 3 is 2.65 bits per heavy atom. The van der Waals surface area contributed by atoms with E-state index in [0.717, 1.165) is 16.4 Å². The molecule has 0 unspecified atom stereocenters. The van der Waals surface area contributed by atoms with Crippen LogP contribution in [0.15, 0.2) is 5.51 Å². The van der Waals surface area contributed by atoms with E-state index in [0.29, 0.717) is 12.4 Å². The van der Waals surface area contributed by atoms with Crippen LogP contribution >= 0.6 is 11.3 Å². The van der Waals surface area contributed by atoms with Gasteiger partial charge in [-0.1, -0.05) is 0 Å². The first-order valence-corrected chi connectivity index (χ1v) is 6.29. The Morgan fingerprint density at radius 1 is 1.41 bits per heavy atom. The van der Waals surface area contributed by atoms with Gasteiger partial charge in [-0.15, -0.1) is 11.3 Å². The molecule has 2 heterocycles. The second-order valence-electron chi connectivity index (χ2n) is 4.72. The SMILES string of the molecule is Cc1nc(-c2scnc2C)n(CC(C)(C)O)n1. The number of aliphatic hydroxyl groups is 1. The monoisotopic (exact) mass is 252 g/mol. The Balaban J connectivity index is 2.45. The van der Waals surface area contributed by atoms with E-state index in [1.165, 1.54) is 0 Å². The molecule has 0 saturated carbocycles. The molecule has 5 nitrogen and oxygen atoms in total. The molecule has 17 heavy (non-hydrogen) atoms. The average Bonchev–Trinajstić information content (AvgIpc) is 2.70. The van der Waals surface area contributed by atoms with Crippen LogP contribution in [0.5, 0.6) is 0 Å². The lowest BCUT2D eigenvalue weighted by Crippen LogP contribution is -2.27. The normalized spacial score (nSPS) is 12.1. The summed E-state index contributed by atoms with van der Waals surface area (Å²) in [6, 6.07) is 0. The highest BCUT2D eigenvalue weighted by molar-refractivity contribution is 7.13. The molecule has 0 aliphatic carbocycles. The maximum atomic E-state index is 9.87. The second kappa shape index (κ2) is 4.19. The molecule has 92 valence electrons. The van der Waals surface area contributed by atoms with Crippen molar-refractivity contribution >= 4 is 11.3 Å². The molecule has 0 aromatic carbocycles. The van der Waals surface area contributed by atoms with Gasteiger partial charge in [0.2, 0.25) is 0 Å². The quantitative estimate of drug-likeness (QED) is 0.904. The molecule has 6 heteroatoms. The summed E-state index contributed by atoms with van der Waals surface area (Å²) in [5, 5.41) is 14.2. The molecule has 0 saturated heterocycles. The molecule has 2 rings (SSSR count). The smallest absolute Gasteiger partial charge is 0.170 e. The summed E-state index contributed by atoms with van der Waals surface area (Å²) >= 11 is 1.54. The molecule has 0 spiro atoms. The maximum Gasteiger partial charge on any atom is 0.170 e. The standard InChI is InChI=1S/C11H16N4OS/c1-7-9(17-6-12-7)10-13-8(2)14-15(10)5-11(3,4)16/h6,16H,5H2,1-4H3. The summed E-state index contributed by atoms with van der Waals surface area (Å²) in [6.07, 6.45) is 0. The van der Waals surface area contributed by atoms with Crippen molar-refractivity contribution < 1.29 is 5.11 Å². The van der Waals surface area contributed by atoms with Crippen LogP contribution in [0.2, 0.25) is 0 Å². The van der Waals surface area contributed by atoms with Crippen molar-refractivity contribution in [2.45, 2.75) is 39.8 Å². The fourth-order valence-corrected chi connectivity index (χ4v) is 2.41. The number of hydrogen-bond donors (Lipinski definition) is 1. The van der Waals surface area contributed by atoms with E-state index >= 15 is 0 Å². The van der Waals surface area contributed by atoms with Crippen LogP contribution in [-0.4, -0.2) is 30.5 Å². The van der Waals surface area contributed by atoms with Crippen molar-refractivity contribution in [3.05, 3.63) is 17.0 Å². The highest BCUT2D eigenvalue weighted by Crippen LogP contribution is 2.26. The molecule has 0 bridgehead atoms. The van der Waals surface area contributed by atoms with E-state index in [1.54, 1.807) is 35.4 Å². The van der Waals surface area contributed by atoms with Crippen LogP contribution in [0.4, 0.5) is 0 Å². The van der Waals surface area contributed by atoms with E-state index in [1.807, 2.05) is 13.8 Å². The molecular formula is C11H16N4OS. The minimum Gasteiger partial charge on any atom is -0.389 e. The molecule has 2 aromatic heterocycles. The molecule has 0 aliphatic heterocycles. The zero-order valence-electron chi connectivity index (χ0n) is 10.4. The topological polar surface area (TPSA) is 63.8 Å². The number of hydrogen-bond acceptors (Lipinski definition) is 5. The Hall–Kier alpha value is -1.27. The average molecular weight is 252 g/mol. The zero-order valence-corrected chi connectivity index (χ0v) is 11.2. The van der Waals surface area contributed by atoms with Gasteiger partial charge in [-0.25, -0.2) is 14.6 Å². The lowest BCUT2D eigenvalue weighted by molar-refractivity contribution is 0.0581. The Kier molecular flexibility index (Phi) is 3.01. The highest BCUT2D eigenvalue weighted by atomic mass is 32.1. The van der Waals surface area contributed by atoms with E-state index in [2.05, 4.69) is 15.1 Å². The number of aryl methyl sites for hydroxylation is 2. The number of nitrogens with zero attached hydrogens (tertiary/aromatic N) is 4. The van der Waals surface area contributed by atoms with E-state index < -0.39 is 5.60 Å². The van der Waals surface area contributed by atoms with Gasteiger partial charge in [0, 0.05) is 0 Å². The van der Waals surface area contributed by atoms with Gasteiger partial charge in [0.15, 0.2) is 5.82 Å². The van der Waals surface area contributed by atoms with Crippen LogP contribution < -0.4 is 0 Å². The van der Waals surface area contributed by atoms with Gasteiger partial charge in [0.25, 0.3) is 0 Å². The van der Waals surface area contributed by atoms with Crippen LogP contribution in [0.1, 0.15) is 25.4 Å². The van der Waals surface area contributed by atoms with Crippen LogP contribution in [-0.2, 0) is 6.54 Å². The maximum absolute atomic E-state index is 9.87. The molecule has 0 fully saturated rings. The van der Waals surface area contributed by atoms with E-state index in [9.17, 15) is 5.11 Å². The molecule has 0 atom stereocenters. The molecule has 0 radical (unpaired) electrons. The molecule has 0 amide bonds. The van der Waals surface area contributed by atoms with Crippen LogP contribution in [0.3, 0.4) is 0 Å². The van der Waals surface area contributed by atoms with Crippen molar-refractivity contribution in [3.63, 3.8) is 0 Å². The highest BCUT2D eigenvalue weighted by Gasteiger charge is 2.20. The minimum atomic E-state index is -0.812. The lowest BCUT2D eigenvalue weighted by atomic mass is 10.1. The van der Waals surface area contributed by atoms with Crippen molar-refractivity contribution in [3.8, 4) is 10.7 Å². The third-order valence-electron chi connectivity index (χ3n) is 2.26. The summed E-state index contributed by atoms with van der Waals surface area (Å²) in [5.41, 5.74) is 1.93. The first kappa shape index (κ1) is 12.2. The first-order valence-electron chi connectivity index (χ1n) is 5.41. The van der Waals surface area contributed by atoms with Gasteiger partial charge in [0.05, 0.1) is 28.2 Å². The largest absolute Gasteiger partial charge is 0.389 e. The van der Waals surface area contributed by atoms with E-state index in [-0.39, 0.29) is 0 Å². The molecular weight excluding hydrogens is 236 g/mol. The third kappa shape index (κ3) is 2.70. The van der Waals surface area contributed by atoms with Crippen molar-refractivity contribution in [1.82, 2.24) is 19.7 Å². The lowest BCUT2D eigenvalue weighted by Gasteiger charge is -2.17. The Labute approximate surface area is 104 Å². The van der Waals surface area contributed by atoms with Gasteiger partial charge >= 0.3 is 0 Å². The summed E-state index contributed by atoms with van der Waals surface area (Å²) in [7, 11) is 0. The Morgan fingerprint density at radius 2 is 2.12 bits per heavy atom. The van der Waals surface area contributed by atoms with Gasteiger partial charge in [-0.2, -0.15) is 5.10 Å². The van der Waals surface area contributed by atoms with Crippen molar-refractivity contribution in [1.29, 1.82) is 0 Å². The summed E-state index contributed by atoms with van der Waals surface area (Å²) in [4.78, 5) is 9.63. The van der Waals surface area contributed by atoms with Gasteiger partial charge < -0.3 is 5.11 Å². The number of aromatic nitrogens is 4. The minimum absolute atomic E-state index is 0.417. The third-order valence-corrected chi connectivity index (χ3v) is 3.19. The number of rotatable bonds is 3. The predicted octanol–water partition coefficient (Wildman–Crippen LogP) is 1.79. The summed E-state index contributed by atoms with van der Waals surface area (Å²) in [5.74, 6) is 1.49. The second-order valence-corrected chi connectivity index (χ2v) is 5.57. The summed E-state index contributed by atoms with van der Waals surface area (Å²) < 4.78 is 1.75. The van der Waals surface area contributed by atoms with Crippen LogP contribution in [0.25, 0.3) is 10.7 Å². The van der Waals surface area contributed by atoms with Gasteiger partial charge in [-0.3, -0.25) is 0 Å². The summed E-state index contributed by atoms with van der Waals surface area (Å²) in [6.45, 7) is 7.73. The fraction of sp³-hybridized carbons (Fsp3) is 0.545.